The van der Waals surface area contributed by atoms with Crippen LogP contribution in [0.15, 0.2) is 12.1 Å². The molecular formula is C17H23N3O2. The van der Waals surface area contributed by atoms with Crippen LogP contribution >= 0.6 is 0 Å². The number of piperidine rings is 1. The minimum atomic E-state index is -0.0843. The zero-order chi connectivity index (χ0) is 15.7. The first-order chi connectivity index (χ1) is 10.6. The van der Waals surface area contributed by atoms with Gasteiger partial charge in [0, 0.05) is 37.7 Å². The van der Waals surface area contributed by atoms with E-state index in [2.05, 4.69) is 10.3 Å². The lowest BCUT2D eigenvalue weighted by Crippen LogP contribution is -2.39. The monoisotopic (exact) mass is 301 g/mol. The molecule has 1 aliphatic carbocycles. The zero-order valence-electron chi connectivity index (χ0n) is 13.3. The molecule has 1 N–H and O–H groups in total. The Labute approximate surface area is 131 Å². The molecule has 3 rings (SSSR count). The fraction of sp³-hybridized carbons (Fsp3) is 0.588. The van der Waals surface area contributed by atoms with Gasteiger partial charge in [0.1, 0.15) is 0 Å². The molecule has 118 valence electrons. The molecule has 0 unspecified atom stereocenters. The Morgan fingerprint density at radius 2 is 1.86 bits per heavy atom. The first-order valence-corrected chi connectivity index (χ1v) is 8.08. The Balaban J connectivity index is 1.73. The van der Waals surface area contributed by atoms with E-state index in [0.717, 1.165) is 50.2 Å². The molecule has 0 spiro atoms. The van der Waals surface area contributed by atoms with Gasteiger partial charge >= 0.3 is 0 Å². The van der Waals surface area contributed by atoms with Crippen LogP contribution in [0.25, 0.3) is 0 Å². The largest absolute Gasteiger partial charge is 0.355 e. The molecule has 0 radical (unpaired) electrons. The van der Waals surface area contributed by atoms with Crippen LogP contribution in [0.1, 0.15) is 53.3 Å². The van der Waals surface area contributed by atoms with Crippen molar-refractivity contribution < 1.29 is 9.59 Å². The molecule has 5 heteroatoms. The third-order valence-electron chi connectivity index (χ3n) is 4.66. The number of carbonyl (C=O) groups is 2. The number of aromatic nitrogens is 1. The van der Waals surface area contributed by atoms with Gasteiger partial charge in [0.25, 0.3) is 5.91 Å². The number of hydrogen-bond acceptors (Lipinski definition) is 3. The average molecular weight is 301 g/mol. The minimum Gasteiger partial charge on any atom is -0.355 e. The summed E-state index contributed by atoms with van der Waals surface area (Å²) in [6, 6.07) is 3.73. The summed E-state index contributed by atoms with van der Waals surface area (Å²) < 4.78 is 0. The summed E-state index contributed by atoms with van der Waals surface area (Å²) >= 11 is 0. The van der Waals surface area contributed by atoms with Crippen LogP contribution in [-0.2, 0) is 4.79 Å². The second-order valence-electron chi connectivity index (χ2n) is 6.34. The summed E-state index contributed by atoms with van der Waals surface area (Å²) in [5.41, 5.74) is 2.48. The van der Waals surface area contributed by atoms with Crippen molar-refractivity contribution in [2.75, 3.05) is 20.1 Å². The molecule has 22 heavy (non-hydrogen) atoms. The Bertz CT molecular complexity index is 588. The van der Waals surface area contributed by atoms with Crippen molar-refractivity contribution >= 4 is 11.8 Å². The maximum absolute atomic E-state index is 12.1. The number of pyridine rings is 1. The van der Waals surface area contributed by atoms with E-state index in [1.165, 1.54) is 0 Å². The van der Waals surface area contributed by atoms with Gasteiger partial charge in [0.15, 0.2) is 0 Å². The van der Waals surface area contributed by atoms with Crippen molar-refractivity contribution in [3.63, 3.8) is 0 Å². The maximum atomic E-state index is 12.1. The van der Waals surface area contributed by atoms with E-state index < -0.39 is 0 Å². The van der Waals surface area contributed by atoms with Crippen molar-refractivity contribution in [1.29, 1.82) is 0 Å². The summed E-state index contributed by atoms with van der Waals surface area (Å²) in [5.74, 6) is 0.784. The Kier molecular flexibility index (Phi) is 4.14. The van der Waals surface area contributed by atoms with Gasteiger partial charge in [-0.3, -0.25) is 14.6 Å². The smallest absolute Gasteiger partial charge is 0.252 e. The summed E-state index contributed by atoms with van der Waals surface area (Å²) in [7, 11) is 1.64. The van der Waals surface area contributed by atoms with E-state index in [4.69, 9.17) is 0 Å². The van der Waals surface area contributed by atoms with Gasteiger partial charge in [0.2, 0.25) is 5.91 Å². The predicted molar refractivity (Wildman–Crippen MR) is 83.6 cm³/mol. The van der Waals surface area contributed by atoms with Gasteiger partial charge in [-0.2, -0.15) is 0 Å². The number of nitrogens with zero attached hydrogens (tertiary/aromatic N) is 2. The van der Waals surface area contributed by atoms with Gasteiger partial charge in [-0.05, 0) is 44.7 Å². The first kappa shape index (κ1) is 15.0. The molecule has 0 aromatic carbocycles. The van der Waals surface area contributed by atoms with Crippen molar-refractivity contribution in [2.45, 2.75) is 38.5 Å². The van der Waals surface area contributed by atoms with Crippen LogP contribution < -0.4 is 5.32 Å². The van der Waals surface area contributed by atoms with Crippen LogP contribution in [0.3, 0.4) is 0 Å². The normalized spacial score (nSPS) is 19.1. The molecule has 1 saturated heterocycles. The Hall–Kier alpha value is -1.91. The highest BCUT2D eigenvalue weighted by molar-refractivity contribution is 5.95. The fourth-order valence-electron chi connectivity index (χ4n) is 3.18. The van der Waals surface area contributed by atoms with E-state index in [1.807, 2.05) is 24.0 Å². The quantitative estimate of drug-likeness (QED) is 0.927. The highest BCUT2D eigenvalue weighted by atomic mass is 16.2. The minimum absolute atomic E-state index is 0.0843. The average Bonchev–Trinajstić information content (AvgIpc) is 3.38. The van der Waals surface area contributed by atoms with Gasteiger partial charge in [-0.15, -0.1) is 0 Å². The van der Waals surface area contributed by atoms with E-state index >= 15 is 0 Å². The number of carbonyl (C=O) groups excluding carboxylic acids is 2. The number of hydrogen-bond donors (Lipinski definition) is 1. The molecule has 1 aliphatic heterocycles. The molecule has 2 heterocycles. The van der Waals surface area contributed by atoms with Gasteiger partial charge in [-0.25, -0.2) is 0 Å². The molecule has 1 saturated carbocycles. The summed E-state index contributed by atoms with van der Waals surface area (Å²) in [5, 5.41) is 2.69. The molecule has 2 amide bonds. The second-order valence-corrected chi connectivity index (χ2v) is 6.34. The lowest BCUT2D eigenvalue weighted by atomic mass is 9.89. The highest BCUT2D eigenvalue weighted by Crippen LogP contribution is 2.34. The van der Waals surface area contributed by atoms with E-state index in [9.17, 15) is 9.59 Å². The number of aryl methyl sites for hydroxylation is 1. The van der Waals surface area contributed by atoms with Crippen molar-refractivity contribution in [1.82, 2.24) is 15.2 Å². The van der Waals surface area contributed by atoms with Crippen LogP contribution in [-0.4, -0.2) is 41.8 Å². The number of nitrogens with one attached hydrogen (secondary N) is 1. The molecule has 0 atom stereocenters. The van der Waals surface area contributed by atoms with Gasteiger partial charge < -0.3 is 10.2 Å². The molecule has 1 aromatic rings. The molecule has 1 aromatic heterocycles. The standard InChI is InChI=1S/C17H23N3O2/c1-11-3-6-14(16(21)18-2)15(19-11)12-7-9-20(10-8-12)17(22)13-4-5-13/h3,6,12-13H,4-5,7-10H2,1-2H3,(H,18,21). The molecule has 0 bridgehead atoms. The van der Waals surface area contributed by atoms with Crippen LogP contribution in [0.2, 0.25) is 0 Å². The number of rotatable bonds is 3. The summed E-state index contributed by atoms with van der Waals surface area (Å²) in [4.78, 5) is 30.8. The maximum Gasteiger partial charge on any atom is 0.252 e. The predicted octanol–water partition coefficient (Wildman–Crippen LogP) is 1.87. The van der Waals surface area contributed by atoms with E-state index in [-0.39, 0.29) is 17.7 Å². The highest BCUT2D eigenvalue weighted by Gasteiger charge is 2.35. The Morgan fingerprint density at radius 1 is 1.18 bits per heavy atom. The van der Waals surface area contributed by atoms with E-state index in [0.29, 0.717) is 11.5 Å². The number of amides is 2. The van der Waals surface area contributed by atoms with Gasteiger partial charge in [-0.1, -0.05) is 0 Å². The molecule has 5 nitrogen and oxygen atoms in total. The zero-order valence-corrected chi connectivity index (χ0v) is 13.3. The van der Waals surface area contributed by atoms with E-state index in [1.54, 1.807) is 7.05 Å². The summed E-state index contributed by atoms with van der Waals surface area (Å²) in [6.07, 6.45) is 3.88. The third-order valence-corrected chi connectivity index (χ3v) is 4.66. The summed E-state index contributed by atoms with van der Waals surface area (Å²) in [6.45, 7) is 3.51. The lowest BCUT2D eigenvalue weighted by Gasteiger charge is -2.32. The van der Waals surface area contributed by atoms with Crippen molar-refractivity contribution in [3.8, 4) is 0 Å². The Morgan fingerprint density at radius 3 is 2.45 bits per heavy atom. The fourth-order valence-corrected chi connectivity index (χ4v) is 3.18. The van der Waals surface area contributed by atoms with Crippen LogP contribution in [0.4, 0.5) is 0 Å². The molecule has 2 fully saturated rings. The molecule has 2 aliphatic rings. The third kappa shape index (κ3) is 2.98. The van der Waals surface area contributed by atoms with Crippen molar-refractivity contribution in [3.05, 3.63) is 29.1 Å². The second kappa shape index (κ2) is 6.07. The van der Waals surface area contributed by atoms with Crippen LogP contribution in [0.5, 0.6) is 0 Å². The lowest BCUT2D eigenvalue weighted by molar-refractivity contribution is -0.133. The van der Waals surface area contributed by atoms with Crippen LogP contribution in [0, 0.1) is 12.8 Å². The topological polar surface area (TPSA) is 62.3 Å². The first-order valence-electron chi connectivity index (χ1n) is 8.08. The molecular weight excluding hydrogens is 278 g/mol. The SMILES string of the molecule is CNC(=O)c1ccc(C)nc1C1CCN(C(=O)C2CC2)CC1. The van der Waals surface area contributed by atoms with Gasteiger partial charge in [0.05, 0.1) is 11.3 Å². The number of likely N-dealkylation sites (tertiary alicyclic amines) is 1. The van der Waals surface area contributed by atoms with Crippen molar-refractivity contribution in [2.24, 2.45) is 5.92 Å².